The molecule has 3 aromatic rings. The number of carbonyl (C=O) groups excluding carboxylic acids is 1. The lowest BCUT2D eigenvalue weighted by Crippen LogP contribution is -2.23. The summed E-state index contributed by atoms with van der Waals surface area (Å²) in [5.74, 6) is -0.622. The van der Waals surface area contributed by atoms with Crippen molar-refractivity contribution in [3.8, 4) is 0 Å². The normalized spacial score (nSPS) is 10.7. The van der Waals surface area contributed by atoms with Gasteiger partial charge in [-0.1, -0.05) is 53.3 Å². The van der Waals surface area contributed by atoms with Crippen molar-refractivity contribution in [2.75, 3.05) is 0 Å². The molecule has 4 nitrogen and oxygen atoms in total. The van der Waals surface area contributed by atoms with E-state index >= 15 is 0 Å². The van der Waals surface area contributed by atoms with E-state index in [9.17, 15) is 14.0 Å². The van der Waals surface area contributed by atoms with Crippen molar-refractivity contribution in [3.63, 3.8) is 0 Å². The SMILES string of the molecule is Cc1cccc(CNC(=O)c2sc(=O)n(Cc3cccc(F)c3)c2C)c1. The van der Waals surface area contributed by atoms with Gasteiger partial charge >= 0.3 is 4.87 Å². The second kappa shape index (κ2) is 7.66. The number of amides is 1. The van der Waals surface area contributed by atoms with Gasteiger partial charge < -0.3 is 5.32 Å². The summed E-state index contributed by atoms with van der Waals surface area (Å²) in [7, 11) is 0. The minimum atomic E-state index is -0.348. The van der Waals surface area contributed by atoms with E-state index in [1.807, 2.05) is 31.2 Å². The summed E-state index contributed by atoms with van der Waals surface area (Å²) in [6.07, 6.45) is 0. The molecule has 1 amide bonds. The maximum absolute atomic E-state index is 13.3. The first-order valence-electron chi connectivity index (χ1n) is 8.22. The van der Waals surface area contributed by atoms with Gasteiger partial charge in [0.1, 0.15) is 10.7 Å². The van der Waals surface area contributed by atoms with E-state index in [0.717, 1.165) is 22.5 Å². The number of aryl methyl sites for hydroxylation is 1. The van der Waals surface area contributed by atoms with Crippen LogP contribution in [0.3, 0.4) is 0 Å². The quantitative estimate of drug-likeness (QED) is 0.745. The van der Waals surface area contributed by atoms with Crippen LogP contribution in [0.4, 0.5) is 4.39 Å². The molecule has 1 aromatic heterocycles. The van der Waals surface area contributed by atoms with Gasteiger partial charge in [-0.3, -0.25) is 14.2 Å². The topological polar surface area (TPSA) is 51.1 Å². The van der Waals surface area contributed by atoms with Crippen molar-refractivity contribution in [1.29, 1.82) is 0 Å². The van der Waals surface area contributed by atoms with Gasteiger partial charge in [0.15, 0.2) is 0 Å². The van der Waals surface area contributed by atoms with Crippen LogP contribution in [0.15, 0.2) is 53.3 Å². The molecule has 6 heteroatoms. The average Bonchev–Trinajstić information content (AvgIpc) is 2.88. The first-order valence-corrected chi connectivity index (χ1v) is 9.04. The molecule has 0 fully saturated rings. The second-order valence-electron chi connectivity index (χ2n) is 6.17. The van der Waals surface area contributed by atoms with Gasteiger partial charge in [-0.05, 0) is 37.1 Å². The number of nitrogens with zero attached hydrogens (tertiary/aromatic N) is 1. The predicted molar refractivity (Wildman–Crippen MR) is 101 cm³/mol. The van der Waals surface area contributed by atoms with Crippen LogP contribution in [0.25, 0.3) is 0 Å². The second-order valence-corrected chi connectivity index (χ2v) is 7.13. The molecule has 0 unspecified atom stereocenters. The summed E-state index contributed by atoms with van der Waals surface area (Å²) in [6.45, 7) is 4.37. The summed E-state index contributed by atoms with van der Waals surface area (Å²) in [6, 6.07) is 14.0. The van der Waals surface area contributed by atoms with Crippen LogP contribution in [0, 0.1) is 19.7 Å². The number of hydrogen-bond donors (Lipinski definition) is 1. The van der Waals surface area contributed by atoms with Gasteiger partial charge in [-0.25, -0.2) is 4.39 Å². The van der Waals surface area contributed by atoms with E-state index in [1.165, 1.54) is 16.7 Å². The highest BCUT2D eigenvalue weighted by Crippen LogP contribution is 2.15. The number of halogens is 1. The number of benzene rings is 2. The first-order chi connectivity index (χ1) is 12.4. The van der Waals surface area contributed by atoms with Gasteiger partial charge in [0, 0.05) is 12.2 Å². The average molecular weight is 370 g/mol. The highest BCUT2D eigenvalue weighted by molar-refractivity contribution is 7.11. The Balaban J connectivity index is 1.76. The fourth-order valence-electron chi connectivity index (χ4n) is 2.77. The van der Waals surface area contributed by atoms with Crippen LogP contribution in [-0.4, -0.2) is 10.5 Å². The zero-order chi connectivity index (χ0) is 18.7. The third-order valence-corrected chi connectivity index (χ3v) is 5.19. The molecule has 0 aliphatic rings. The number of rotatable bonds is 5. The van der Waals surface area contributed by atoms with Crippen molar-refractivity contribution in [1.82, 2.24) is 9.88 Å². The maximum Gasteiger partial charge on any atom is 0.308 e. The third-order valence-electron chi connectivity index (χ3n) is 4.11. The van der Waals surface area contributed by atoms with Crippen LogP contribution in [0.1, 0.15) is 32.1 Å². The lowest BCUT2D eigenvalue weighted by Gasteiger charge is -2.07. The van der Waals surface area contributed by atoms with Crippen molar-refractivity contribution in [2.45, 2.75) is 26.9 Å². The van der Waals surface area contributed by atoms with E-state index in [4.69, 9.17) is 0 Å². The fourth-order valence-corrected chi connectivity index (χ4v) is 3.68. The Morgan fingerprint density at radius 1 is 1.12 bits per heavy atom. The monoisotopic (exact) mass is 370 g/mol. The molecule has 0 saturated carbocycles. The standard InChI is InChI=1S/C20H19FN2O2S/c1-13-5-3-6-15(9-13)11-22-19(24)18-14(2)23(20(25)26-18)12-16-7-4-8-17(21)10-16/h3-10H,11-12H2,1-2H3,(H,22,24). The zero-order valence-corrected chi connectivity index (χ0v) is 15.4. The predicted octanol–water partition coefficient (Wildman–Crippen LogP) is 3.64. The van der Waals surface area contributed by atoms with Crippen molar-refractivity contribution >= 4 is 17.2 Å². The molecular weight excluding hydrogens is 351 g/mol. The fraction of sp³-hybridized carbons (Fsp3) is 0.200. The van der Waals surface area contributed by atoms with E-state index in [-0.39, 0.29) is 23.1 Å². The summed E-state index contributed by atoms with van der Waals surface area (Å²) in [4.78, 5) is 24.9. The first kappa shape index (κ1) is 18.1. The number of hydrogen-bond acceptors (Lipinski definition) is 3. The number of aromatic nitrogens is 1. The highest BCUT2D eigenvalue weighted by Gasteiger charge is 2.17. The van der Waals surface area contributed by atoms with Crippen molar-refractivity contribution < 1.29 is 9.18 Å². The van der Waals surface area contributed by atoms with E-state index in [1.54, 1.807) is 19.1 Å². The molecule has 134 valence electrons. The van der Waals surface area contributed by atoms with E-state index in [0.29, 0.717) is 22.7 Å². The lowest BCUT2D eigenvalue weighted by molar-refractivity contribution is 0.0954. The number of thiazole rings is 1. The third kappa shape index (κ3) is 4.08. The summed E-state index contributed by atoms with van der Waals surface area (Å²) in [5, 5.41) is 2.86. The Kier molecular flexibility index (Phi) is 5.32. The number of carbonyl (C=O) groups is 1. The Morgan fingerprint density at radius 2 is 1.85 bits per heavy atom. The smallest absolute Gasteiger partial charge is 0.308 e. The molecule has 0 radical (unpaired) electrons. The minimum absolute atomic E-state index is 0.229. The van der Waals surface area contributed by atoms with Crippen LogP contribution >= 0.6 is 11.3 Å². The Labute approximate surface area is 154 Å². The van der Waals surface area contributed by atoms with Crippen molar-refractivity contribution in [2.24, 2.45) is 0 Å². The zero-order valence-electron chi connectivity index (χ0n) is 14.6. The van der Waals surface area contributed by atoms with Gasteiger partial charge in [0.05, 0.1) is 6.54 Å². The largest absolute Gasteiger partial charge is 0.347 e. The molecule has 0 aliphatic heterocycles. The summed E-state index contributed by atoms with van der Waals surface area (Å²) in [5.41, 5.74) is 3.40. The summed E-state index contributed by atoms with van der Waals surface area (Å²) >= 11 is 0.912. The van der Waals surface area contributed by atoms with E-state index in [2.05, 4.69) is 5.32 Å². The van der Waals surface area contributed by atoms with Gasteiger partial charge in [-0.15, -0.1) is 0 Å². The molecule has 26 heavy (non-hydrogen) atoms. The molecule has 0 atom stereocenters. The molecular formula is C20H19FN2O2S. The van der Waals surface area contributed by atoms with Crippen LogP contribution in [0.5, 0.6) is 0 Å². The van der Waals surface area contributed by atoms with Crippen LogP contribution < -0.4 is 10.2 Å². The number of nitrogens with one attached hydrogen (secondary N) is 1. The molecule has 1 N–H and O–H groups in total. The molecule has 1 heterocycles. The molecule has 0 saturated heterocycles. The highest BCUT2D eigenvalue weighted by atomic mass is 32.1. The molecule has 2 aromatic carbocycles. The van der Waals surface area contributed by atoms with Gasteiger partial charge in [-0.2, -0.15) is 0 Å². The van der Waals surface area contributed by atoms with Gasteiger partial charge in [0.25, 0.3) is 5.91 Å². The summed E-state index contributed by atoms with van der Waals surface area (Å²) < 4.78 is 14.8. The molecule has 0 spiro atoms. The Hall–Kier alpha value is -2.73. The van der Waals surface area contributed by atoms with Crippen LogP contribution in [-0.2, 0) is 13.1 Å². The molecule has 0 aliphatic carbocycles. The Morgan fingerprint density at radius 3 is 2.58 bits per heavy atom. The van der Waals surface area contributed by atoms with Crippen LogP contribution in [0.2, 0.25) is 0 Å². The molecule has 0 bridgehead atoms. The molecule has 3 rings (SSSR count). The lowest BCUT2D eigenvalue weighted by atomic mass is 10.1. The van der Waals surface area contributed by atoms with Crippen molar-refractivity contribution in [3.05, 3.63) is 91.3 Å². The maximum atomic E-state index is 13.3. The minimum Gasteiger partial charge on any atom is -0.347 e. The Bertz CT molecular complexity index is 1010. The van der Waals surface area contributed by atoms with E-state index < -0.39 is 0 Å². The van der Waals surface area contributed by atoms with Gasteiger partial charge in [0.2, 0.25) is 0 Å².